The number of carbonyl (C=O) groups excluding carboxylic acids is 1. The van der Waals surface area contributed by atoms with Crippen LogP contribution in [-0.4, -0.2) is 57.2 Å². The minimum absolute atomic E-state index is 0.0539. The number of carboxylic acid groups (broad SMARTS) is 1. The van der Waals surface area contributed by atoms with E-state index < -0.39 is 60.0 Å². The molecule has 1 unspecified atom stereocenters. The van der Waals surface area contributed by atoms with Gasteiger partial charge >= 0.3 is 37.0 Å². The first kappa shape index (κ1) is 33.3. The number of phosphoric acid groups is 1. The fourth-order valence-electron chi connectivity index (χ4n) is 5.91. The number of aliphatic carboxylic acids is 1. The highest BCUT2D eigenvalue weighted by atomic mass is 31.2. The Morgan fingerprint density at radius 2 is 1.78 bits per heavy atom. The van der Waals surface area contributed by atoms with Crippen molar-refractivity contribution in [2.75, 3.05) is 18.1 Å². The summed E-state index contributed by atoms with van der Waals surface area (Å²) in [6, 6.07) is 6.92. The Balaban J connectivity index is 1.57. The average Bonchev–Trinajstić information content (AvgIpc) is 3.07. The van der Waals surface area contributed by atoms with Gasteiger partial charge in [0.25, 0.3) is 5.70 Å². The molecular formula is C29H27F4N2O10P. The van der Waals surface area contributed by atoms with Gasteiger partial charge in [-0.3, -0.25) is 14.1 Å². The van der Waals surface area contributed by atoms with Crippen molar-refractivity contribution in [3.63, 3.8) is 0 Å². The van der Waals surface area contributed by atoms with Crippen LogP contribution < -0.4 is 20.2 Å². The highest BCUT2D eigenvalue weighted by Crippen LogP contribution is 2.48. The molecule has 246 valence electrons. The third kappa shape index (κ3) is 5.81. The fraction of sp³-hybridized carbons (Fsp3) is 0.379. The Morgan fingerprint density at radius 1 is 1.13 bits per heavy atom. The number of nitrogens with zero attached hydrogens (tertiary/aromatic N) is 2. The van der Waals surface area contributed by atoms with E-state index in [9.17, 15) is 51.4 Å². The molecule has 2 aromatic heterocycles. The number of hydrogen-bond acceptors (Lipinski definition) is 8. The second kappa shape index (κ2) is 11.3. The van der Waals surface area contributed by atoms with E-state index in [2.05, 4.69) is 0 Å². The van der Waals surface area contributed by atoms with Crippen LogP contribution in [0.15, 0.2) is 57.7 Å². The van der Waals surface area contributed by atoms with Crippen LogP contribution in [0, 0.1) is 0 Å². The number of aromatic nitrogens is 1. The molecule has 0 saturated heterocycles. The first-order valence-corrected chi connectivity index (χ1v) is 15.3. The lowest BCUT2D eigenvalue weighted by Crippen LogP contribution is -2.49. The number of pyridine rings is 1. The van der Waals surface area contributed by atoms with E-state index in [1.165, 1.54) is 6.07 Å². The second-order valence-electron chi connectivity index (χ2n) is 11.7. The molecular weight excluding hydrogens is 643 g/mol. The lowest BCUT2D eigenvalue weighted by atomic mass is 9.79. The molecule has 1 aliphatic carbocycles. The molecule has 12 nitrogen and oxygen atoms in total. The Labute approximate surface area is 257 Å². The molecule has 0 amide bonds. The SMILES string of the molecule is CC1(C)CC(COP(=O)(O)O)c2cc3cc(-c4cc[n+](C5=C([O-])C(F)(F)C(F)(F)C5=O)cc4)c(=O)oc3cc2N1CCCC(=O)O. The third-order valence-corrected chi connectivity index (χ3v) is 8.58. The molecule has 17 heteroatoms. The molecule has 0 fully saturated rings. The quantitative estimate of drug-likeness (QED) is 0.132. The maximum absolute atomic E-state index is 13.8. The number of allylic oxidation sites excluding steroid dienone is 2. The molecule has 0 radical (unpaired) electrons. The van der Waals surface area contributed by atoms with E-state index >= 15 is 0 Å². The lowest BCUT2D eigenvalue weighted by molar-refractivity contribution is -0.582. The van der Waals surface area contributed by atoms with Crippen LogP contribution in [0.2, 0.25) is 0 Å². The van der Waals surface area contributed by atoms with Gasteiger partial charge in [-0.05, 0) is 44.4 Å². The van der Waals surface area contributed by atoms with E-state index in [0.29, 0.717) is 34.2 Å². The Bertz CT molecular complexity index is 1890. The summed E-state index contributed by atoms with van der Waals surface area (Å²) >= 11 is 0. The number of anilines is 1. The van der Waals surface area contributed by atoms with Gasteiger partial charge in [-0.2, -0.15) is 22.1 Å². The first-order chi connectivity index (χ1) is 21.2. The van der Waals surface area contributed by atoms with Gasteiger partial charge in [0.2, 0.25) is 0 Å². The summed E-state index contributed by atoms with van der Waals surface area (Å²) in [6.45, 7) is 3.70. The third-order valence-electron chi connectivity index (χ3n) is 8.10. The fourth-order valence-corrected chi connectivity index (χ4v) is 6.28. The Morgan fingerprint density at radius 3 is 2.35 bits per heavy atom. The van der Waals surface area contributed by atoms with Crippen molar-refractivity contribution >= 4 is 41.9 Å². The normalized spacial score (nSPS) is 20.3. The number of benzene rings is 1. The van der Waals surface area contributed by atoms with Crippen molar-refractivity contribution < 1.29 is 65.2 Å². The molecule has 5 rings (SSSR count). The maximum Gasteiger partial charge on any atom is 0.469 e. The van der Waals surface area contributed by atoms with Gasteiger partial charge in [0.1, 0.15) is 5.58 Å². The Kier molecular flexibility index (Phi) is 8.17. The van der Waals surface area contributed by atoms with Gasteiger partial charge in [0.05, 0.1) is 12.2 Å². The Hall–Kier alpha value is -4.11. The number of rotatable bonds is 9. The summed E-state index contributed by atoms with van der Waals surface area (Å²) in [5, 5.41) is 21.4. The minimum atomic E-state index is -5.21. The van der Waals surface area contributed by atoms with Crippen LogP contribution in [-0.2, 0) is 18.7 Å². The first-order valence-electron chi connectivity index (χ1n) is 13.8. The van der Waals surface area contributed by atoms with E-state index in [-0.39, 0.29) is 36.2 Å². The lowest BCUT2D eigenvalue weighted by Gasteiger charge is -2.48. The summed E-state index contributed by atoms with van der Waals surface area (Å²) in [7, 11) is -4.83. The monoisotopic (exact) mass is 670 g/mol. The van der Waals surface area contributed by atoms with Gasteiger partial charge in [-0.25, -0.2) is 9.36 Å². The smallest absolute Gasteiger partial charge is 0.469 e. The zero-order valence-corrected chi connectivity index (χ0v) is 25.1. The average molecular weight is 671 g/mol. The van der Waals surface area contributed by atoms with Crippen molar-refractivity contribution in [3.8, 4) is 11.1 Å². The minimum Gasteiger partial charge on any atom is -0.867 e. The highest BCUT2D eigenvalue weighted by Gasteiger charge is 2.70. The zero-order valence-electron chi connectivity index (χ0n) is 24.2. The molecule has 3 aromatic rings. The van der Waals surface area contributed by atoms with Crippen LogP contribution in [0.4, 0.5) is 23.2 Å². The topological polar surface area (TPSA) is 182 Å². The van der Waals surface area contributed by atoms with Crippen LogP contribution in [0.1, 0.15) is 44.6 Å². The maximum atomic E-state index is 13.8. The van der Waals surface area contributed by atoms with Gasteiger partial charge in [-0.15, -0.1) is 0 Å². The molecule has 0 bridgehead atoms. The predicted molar refractivity (Wildman–Crippen MR) is 150 cm³/mol. The van der Waals surface area contributed by atoms with Crippen molar-refractivity contribution in [1.29, 1.82) is 0 Å². The standard InChI is InChI=1S/C29H27F4N2O10P/c1-27(2)13-17(14-44-46(41,42)43)18-10-16-11-19(26(40)45-21(16)12-20(18)35(27)7-3-4-22(36)37)15-5-8-34(9-6-15)23-24(38)28(30,31)29(32,33)25(23)39/h5-6,8-12,17H,3-4,7,13-14H2,1-2H3,(H3-,36,37,38,39,41,42,43). The molecule has 3 N–H and O–H groups in total. The summed E-state index contributed by atoms with van der Waals surface area (Å²) in [5.74, 6) is -16.6. The van der Waals surface area contributed by atoms with Crippen molar-refractivity contribution in [2.45, 2.75) is 56.4 Å². The van der Waals surface area contributed by atoms with Gasteiger partial charge in [0.15, 0.2) is 12.4 Å². The highest BCUT2D eigenvalue weighted by molar-refractivity contribution is 7.46. The van der Waals surface area contributed by atoms with Crippen molar-refractivity contribution in [1.82, 2.24) is 0 Å². The number of phosphoric ester groups is 1. The summed E-state index contributed by atoms with van der Waals surface area (Å²) < 4.78 is 77.6. The molecule has 0 saturated carbocycles. The molecule has 0 spiro atoms. The molecule has 3 heterocycles. The van der Waals surface area contributed by atoms with Gasteiger partial charge in [0, 0.05) is 65.0 Å². The summed E-state index contributed by atoms with van der Waals surface area (Å²) in [4.78, 5) is 56.8. The van der Waals surface area contributed by atoms with E-state index in [1.54, 1.807) is 12.1 Å². The number of Topliss-reactive ketones (excluding diaryl/α,β-unsaturated/α-hetero) is 1. The second-order valence-corrected chi connectivity index (χ2v) is 12.9. The van der Waals surface area contributed by atoms with Crippen molar-refractivity contribution in [3.05, 3.63) is 64.5 Å². The molecule has 1 atom stereocenters. The largest absolute Gasteiger partial charge is 0.867 e. The number of alkyl halides is 4. The van der Waals surface area contributed by atoms with Crippen LogP contribution in [0.3, 0.4) is 0 Å². The van der Waals surface area contributed by atoms with Crippen LogP contribution in [0.25, 0.3) is 27.8 Å². The van der Waals surface area contributed by atoms with Crippen molar-refractivity contribution in [2.24, 2.45) is 0 Å². The van der Waals surface area contributed by atoms with E-state index in [0.717, 1.165) is 24.5 Å². The molecule has 46 heavy (non-hydrogen) atoms. The van der Waals surface area contributed by atoms with Gasteiger partial charge in [-0.1, -0.05) is 0 Å². The molecule has 2 aliphatic rings. The van der Waals surface area contributed by atoms with Gasteiger partial charge < -0.3 is 29.3 Å². The number of ketones is 1. The molecule has 1 aliphatic heterocycles. The number of carboxylic acids is 1. The number of halogens is 4. The number of hydrogen-bond donors (Lipinski definition) is 3. The summed E-state index contributed by atoms with van der Waals surface area (Å²) in [5.41, 5.74) is -1.59. The van der Waals surface area contributed by atoms with Crippen LogP contribution in [0.5, 0.6) is 0 Å². The van der Waals surface area contributed by atoms with E-state index in [4.69, 9.17) is 14.0 Å². The summed E-state index contributed by atoms with van der Waals surface area (Å²) in [6.07, 6.45) is 2.34. The van der Waals surface area contributed by atoms with E-state index in [1.807, 2.05) is 18.7 Å². The molecule has 1 aromatic carbocycles. The number of fused-ring (bicyclic) bond motifs is 2. The predicted octanol–water partition coefficient (Wildman–Crippen LogP) is 3.18. The van der Waals surface area contributed by atoms with Crippen LogP contribution >= 0.6 is 7.82 Å². The number of carbonyl (C=O) groups is 2. The zero-order chi connectivity index (χ0) is 34.0.